The summed E-state index contributed by atoms with van der Waals surface area (Å²) in [6.45, 7) is -0.126. The fourth-order valence-electron chi connectivity index (χ4n) is 2.67. The predicted molar refractivity (Wildman–Crippen MR) is 121 cm³/mol. The number of amides is 2. The minimum Gasteiger partial charge on any atom is -0.497 e. The van der Waals surface area contributed by atoms with Crippen LogP contribution in [0.4, 0.5) is 5.69 Å². The van der Waals surface area contributed by atoms with Crippen molar-refractivity contribution in [1.29, 1.82) is 0 Å². The van der Waals surface area contributed by atoms with Gasteiger partial charge < -0.3 is 19.7 Å². The molecule has 3 rings (SSSR count). The lowest BCUT2D eigenvalue weighted by atomic mass is 10.3. The van der Waals surface area contributed by atoms with Crippen LogP contribution in [0, 0.1) is 0 Å². The molecule has 0 unspecified atom stereocenters. The number of para-hydroxylation sites is 1. The molecule has 1 heterocycles. The third-order valence-electron chi connectivity index (χ3n) is 4.33. The summed E-state index contributed by atoms with van der Waals surface area (Å²) in [5, 5.41) is 15.2. The highest BCUT2D eigenvalue weighted by Crippen LogP contribution is 2.29. The largest absolute Gasteiger partial charge is 0.497 e. The van der Waals surface area contributed by atoms with Crippen molar-refractivity contribution in [2.24, 2.45) is 0 Å². The molecule has 1 N–H and O–H groups in total. The zero-order chi connectivity index (χ0) is 23.1. The first-order chi connectivity index (χ1) is 15.4. The van der Waals surface area contributed by atoms with Crippen LogP contribution in [0.5, 0.6) is 11.5 Å². The minimum atomic E-state index is -0.357. The first kappa shape index (κ1) is 23.4. The summed E-state index contributed by atoms with van der Waals surface area (Å²) >= 11 is 7.18. The van der Waals surface area contributed by atoms with Gasteiger partial charge in [0.2, 0.25) is 17.0 Å². The van der Waals surface area contributed by atoms with Gasteiger partial charge in [-0.25, -0.2) is 0 Å². The van der Waals surface area contributed by atoms with Crippen LogP contribution in [0.1, 0.15) is 0 Å². The van der Waals surface area contributed by atoms with Gasteiger partial charge >= 0.3 is 0 Å². The second kappa shape index (κ2) is 10.8. The van der Waals surface area contributed by atoms with Crippen molar-refractivity contribution in [2.75, 3.05) is 38.9 Å². The maximum Gasteiger partial charge on any atom is 0.244 e. The normalized spacial score (nSPS) is 10.5. The molecular formula is C20H21ClN6O4S. The number of hydrogen-bond donors (Lipinski definition) is 1. The number of hydrogen-bond acceptors (Lipinski definition) is 8. The first-order valence-electron chi connectivity index (χ1n) is 9.35. The van der Waals surface area contributed by atoms with Crippen LogP contribution in [0.2, 0.25) is 5.02 Å². The number of nitrogens with zero attached hydrogens (tertiary/aromatic N) is 5. The van der Waals surface area contributed by atoms with Gasteiger partial charge in [0.15, 0.2) is 0 Å². The van der Waals surface area contributed by atoms with E-state index in [1.165, 1.54) is 16.7 Å². The van der Waals surface area contributed by atoms with Crippen molar-refractivity contribution < 1.29 is 19.1 Å². The molecule has 0 saturated carbocycles. The Labute approximate surface area is 193 Å². The molecule has 0 aliphatic heterocycles. The molecule has 2 aromatic carbocycles. The van der Waals surface area contributed by atoms with Crippen LogP contribution >= 0.6 is 23.4 Å². The number of halogens is 1. The molecule has 0 aliphatic rings. The Morgan fingerprint density at radius 1 is 1.19 bits per heavy atom. The summed E-state index contributed by atoms with van der Waals surface area (Å²) < 4.78 is 12.1. The van der Waals surface area contributed by atoms with E-state index in [1.54, 1.807) is 56.6 Å². The van der Waals surface area contributed by atoms with E-state index in [0.29, 0.717) is 33.1 Å². The Hall–Kier alpha value is -3.31. The summed E-state index contributed by atoms with van der Waals surface area (Å²) in [4.78, 5) is 26.1. The number of ether oxygens (including phenoxy) is 2. The van der Waals surface area contributed by atoms with Gasteiger partial charge in [0.05, 0.1) is 37.2 Å². The lowest BCUT2D eigenvalue weighted by Gasteiger charge is -2.17. The van der Waals surface area contributed by atoms with Crippen molar-refractivity contribution in [2.45, 2.75) is 5.16 Å². The topological polar surface area (TPSA) is 111 Å². The Kier molecular flexibility index (Phi) is 7.90. The quantitative estimate of drug-likeness (QED) is 0.469. The van der Waals surface area contributed by atoms with Gasteiger partial charge in [0.1, 0.15) is 17.2 Å². The molecule has 1 aromatic heterocycles. The van der Waals surface area contributed by atoms with Gasteiger partial charge in [-0.15, -0.1) is 5.10 Å². The predicted octanol–water partition coefficient (Wildman–Crippen LogP) is 2.52. The molecule has 2 amide bonds. The van der Waals surface area contributed by atoms with Crippen molar-refractivity contribution in [1.82, 2.24) is 25.1 Å². The zero-order valence-electron chi connectivity index (χ0n) is 17.6. The van der Waals surface area contributed by atoms with Crippen LogP contribution in [-0.2, 0) is 9.59 Å². The van der Waals surface area contributed by atoms with Gasteiger partial charge in [-0.1, -0.05) is 35.5 Å². The van der Waals surface area contributed by atoms with E-state index in [-0.39, 0.29) is 24.1 Å². The van der Waals surface area contributed by atoms with Gasteiger partial charge in [-0.3, -0.25) is 9.59 Å². The average Bonchev–Trinajstić information content (AvgIpc) is 3.26. The van der Waals surface area contributed by atoms with E-state index in [9.17, 15) is 9.59 Å². The van der Waals surface area contributed by atoms with Crippen LogP contribution < -0.4 is 14.8 Å². The molecule has 0 fully saturated rings. The van der Waals surface area contributed by atoms with E-state index < -0.39 is 0 Å². The number of carbonyl (C=O) groups excluding carboxylic acids is 2. The first-order valence-corrected chi connectivity index (χ1v) is 10.7. The highest BCUT2D eigenvalue weighted by Gasteiger charge is 2.18. The third kappa shape index (κ3) is 5.68. The fraction of sp³-hybridized carbons (Fsp3) is 0.250. The van der Waals surface area contributed by atoms with E-state index in [2.05, 4.69) is 20.8 Å². The molecule has 10 nitrogen and oxygen atoms in total. The Bertz CT molecular complexity index is 1110. The summed E-state index contributed by atoms with van der Waals surface area (Å²) in [5.74, 6) is 0.552. The maximum atomic E-state index is 12.5. The summed E-state index contributed by atoms with van der Waals surface area (Å²) in [6, 6.07) is 12.1. The standard InChI is InChI=1S/C20H21ClN6O4S/c1-26(11-18(28)22-15-7-5-4-6-14(15)21)19(29)12-32-20-23-24-25-27(20)16-10-13(30-2)8-9-17(16)31-3/h4-10H,11-12H2,1-3H3,(H,22,28). The van der Waals surface area contributed by atoms with Crippen molar-refractivity contribution in [3.63, 3.8) is 0 Å². The molecule has 32 heavy (non-hydrogen) atoms. The average molecular weight is 477 g/mol. The molecule has 3 aromatic rings. The highest BCUT2D eigenvalue weighted by atomic mass is 35.5. The SMILES string of the molecule is COc1ccc(OC)c(-n2nnnc2SCC(=O)N(C)CC(=O)Nc2ccccc2Cl)c1. The summed E-state index contributed by atoms with van der Waals surface area (Å²) in [5.41, 5.74) is 1.06. The number of thioether (sulfide) groups is 1. The summed E-state index contributed by atoms with van der Waals surface area (Å²) in [7, 11) is 4.63. The van der Waals surface area contributed by atoms with Crippen LogP contribution in [0.3, 0.4) is 0 Å². The van der Waals surface area contributed by atoms with Crippen LogP contribution in [0.15, 0.2) is 47.6 Å². The van der Waals surface area contributed by atoms with E-state index in [4.69, 9.17) is 21.1 Å². The van der Waals surface area contributed by atoms with Gasteiger partial charge in [0, 0.05) is 13.1 Å². The Balaban J connectivity index is 1.62. The molecule has 0 aliphatic carbocycles. The van der Waals surface area contributed by atoms with E-state index in [1.807, 2.05) is 0 Å². The zero-order valence-corrected chi connectivity index (χ0v) is 19.2. The third-order valence-corrected chi connectivity index (χ3v) is 5.57. The number of carbonyl (C=O) groups is 2. The number of anilines is 1. The van der Waals surface area contributed by atoms with Gasteiger partial charge in [-0.05, 0) is 34.7 Å². The molecular weight excluding hydrogens is 456 g/mol. The summed E-state index contributed by atoms with van der Waals surface area (Å²) in [6.07, 6.45) is 0. The minimum absolute atomic E-state index is 0.0303. The Morgan fingerprint density at radius 3 is 2.69 bits per heavy atom. The lowest BCUT2D eigenvalue weighted by Crippen LogP contribution is -2.36. The molecule has 168 valence electrons. The number of aromatic nitrogens is 4. The van der Waals surface area contributed by atoms with E-state index >= 15 is 0 Å². The molecule has 0 saturated heterocycles. The maximum absolute atomic E-state index is 12.5. The smallest absolute Gasteiger partial charge is 0.244 e. The van der Waals surface area contributed by atoms with E-state index in [0.717, 1.165) is 11.8 Å². The number of methoxy groups -OCH3 is 2. The number of benzene rings is 2. The number of likely N-dealkylation sites (N-methyl/N-ethyl adjacent to an activating group) is 1. The van der Waals surface area contributed by atoms with Gasteiger partial charge in [-0.2, -0.15) is 4.68 Å². The van der Waals surface area contributed by atoms with Gasteiger partial charge in [0.25, 0.3) is 0 Å². The number of nitrogens with one attached hydrogen (secondary N) is 1. The van der Waals surface area contributed by atoms with Crippen molar-refractivity contribution in [3.05, 3.63) is 47.5 Å². The molecule has 0 spiro atoms. The molecule has 12 heteroatoms. The number of tetrazole rings is 1. The molecule has 0 atom stereocenters. The Morgan fingerprint density at radius 2 is 1.97 bits per heavy atom. The van der Waals surface area contributed by atoms with Crippen molar-refractivity contribution in [3.8, 4) is 17.2 Å². The molecule has 0 radical (unpaired) electrons. The van der Waals surface area contributed by atoms with Crippen LogP contribution in [0.25, 0.3) is 5.69 Å². The lowest BCUT2D eigenvalue weighted by molar-refractivity contribution is -0.131. The second-order valence-electron chi connectivity index (χ2n) is 6.48. The van der Waals surface area contributed by atoms with Crippen LogP contribution in [-0.4, -0.2) is 70.5 Å². The highest BCUT2D eigenvalue weighted by molar-refractivity contribution is 7.99. The second-order valence-corrected chi connectivity index (χ2v) is 7.83. The monoisotopic (exact) mass is 476 g/mol. The number of rotatable bonds is 9. The van der Waals surface area contributed by atoms with Crippen molar-refractivity contribution >= 4 is 40.9 Å². The fourth-order valence-corrected chi connectivity index (χ4v) is 3.68. The molecule has 0 bridgehead atoms.